The third-order valence-corrected chi connectivity index (χ3v) is 2.56. The Kier molecular flexibility index (Phi) is 4.56. The smallest absolute Gasteiger partial charge is 0.334 e. The lowest BCUT2D eigenvalue weighted by Crippen LogP contribution is -2.17. The Bertz CT molecular complexity index is 301. The maximum Gasteiger partial charge on any atom is 0.334 e. The maximum atomic E-state index is 12.4. The molecule has 0 aliphatic carbocycles. The van der Waals surface area contributed by atoms with E-state index in [1.807, 2.05) is 6.07 Å². The summed E-state index contributed by atoms with van der Waals surface area (Å²) < 4.78 is 30.5. The summed E-state index contributed by atoms with van der Waals surface area (Å²) in [5, 5.41) is 0. The molecule has 0 spiro atoms. The van der Waals surface area contributed by atoms with Gasteiger partial charge in [-0.1, -0.05) is 34.7 Å². The van der Waals surface area contributed by atoms with Crippen molar-refractivity contribution in [2.24, 2.45) is 0 Å². The zero-order valence-corrected chi connectivity index (χ0v) is 10.9. The Labute approximate surface area is 103 Å². The van der Waals surface area contributed by atoms with Crippen LogP contribution in [0.4, 0.5) is 8.78 Å². The first-order valence-electron chi connectivity index (χ1n) is 3.86. The summed E-state index contributed by atoms with van der Waals surface area (Å²) in [5.74, 6) is 0.471. The van der Waals surface area contributed by atoms with Gasteiger partial charge in [-0.3, -0.25) is 0 Å². The maximum absolute atomic E-state index is 12.4. The van der Waals surface area contributed by atoms with E-state index < -0.39 is 11.4 Å². The molecule has 78 valence electrons. The number of rotatable bonds is 4. The van der Waals surface area contributed by atoms with Crippen LogP contribution in [0, 0.1) is 0 Å². The summed E-state index contributed by atoms with van der Waals surface area (Å²) in [6.07, 6.45) is 0. The first-order chi connectivity index (χ1) is 6.51. The molecule has 0 bridgehead atoms. The van der Waals surface area contributed by atoms with Crippen molar-refractivity contribution >= 4 is 38.5 Å². The van der Waals surface area contributed by atoms with Crippen LogP contribution in [0.1, 0.15) is 5.56 Å². The zero-order chi connectivity index (χ0) is 10.6. The molecule has 0 N–H and O–H groups in total. The van der Waals surface area contributed by atoms with Crippen LogP contribution in [-0.4, -0.2) is 11.4 Å². The molecule has 1 aromatic rings. The van der Waals surface area contributed by atoms with Gasteiger partial charge in [-0.25, -0.2) is 0 Å². The summed E-state index contributed by atoms with van der Waals surface area (Å²) in [6.45, 7) is -0.655. The van der Waals surface area contributed by atoms with Gasteiger partial charge in [0.15, 0.2) is 6.61 Å². The van der Waals surface area contributed by atoms with Crippen molar-refractivity contribution in [3.63, 3.8) is 0 Å². The average Bonchev–Trinajstić information content (AvgIpc) is 2.14. The van der Waals surface area contributed by atoms with Gasteiger partial charge in [-0.05, 0) is 33.6 Å². The Morgan fingerprint density at radius 3 is 2.71 bits per heavy atom. The monoisotopic (exact) mass is 376 g/mol. The summed E-state index contributed by atoms with van der Waals surface area (Å²) in [5.41, 5.74) is 1.06. The molecule has 0 aliphatic heterocycles. The van der Waals surface area contributed by atoms with E-state index >= 15 is 0 Å². The zero-order valence-electron chi connectivity index (χ0n) is 7.14. The molecule has 0 aliphatic rings. The summed E-state index contributed by atoms with van der Waals surface area (Å²) >= 11 is 4.41. The van der Waals surface area contributed by atoms with Gasteiger partial charge in [0.2, 0.25) is 0 Å². The highest BCUT2D eigenvalue weighted by atomic mass is 127. The lowest BCUT2D eigenvalue weighted by molar-refractivity contribution is 0.0545. The van der Waals surface area contributed by atoms with Gasteiger partial charge in [0.05, 0.1) is 0 Å². The molecule has 0 atom stereocenters. The van der Waals surface area contributed by atoms with E-state index in [2.05, 4.69) is 38.5 Å². The number of hydrogen-bond donors (Lipinski definition) is 0. The molecule has 0 amide bonds. The van der Waals surface area contributed by atoms with Crippen molar-refractivity contribution in [1.82, 2.24) is 0 Å². The SMILES string of the molecule is FC(F)(Br)COc1cccc(CI)c1. The van der Waals surface area contributed by atoms with Crippen LogP contribution in [0.3, 0.4) is 0 Å². The minimum atomic E-state index is -2.96. The molecule has 0 saturated carbocycles. The Morgan fingerprint density at radius 2 is 2.14 bits per heavy atom. The van der Waals surface area contributed by atoms with Crippen molar-refractivity contribution in [2.45, 2.75) is 9.26 Å². The predicted octanol–water partition coefficient (Wildman–Crippen LogP) is 3.99. The molecule has 0 radical (unpaired) electrons. The minimum absolute atomic E-state index is 0.471. The topological polar surface area (TPSA) is 9.23 Å². The molecular formula is C9H8BrF2IO. The molecule has 0 fully saturated rings. The van der Waals surface area contributed by atoms with E-state index in [-0.39, 0.29) is 0 Å². The third kappa shape index (κ3) is 4.54. The molecular weight excluding hydrogens is 369 g/mol. The quantitative estimate of drug-likeness (QED) is 0.570. The van der Waals surface area contributed by atoms with Gasteiger partial charge >= 0.3 is 4.83 Å². The van der Waals surface area contributed by atoms with E-state index in [0.29, 0.717) is 5.75 Å². The third-order valence-electron chi connectivity index (χ3n) is 1.46. The minimum Gasteiger partial charge on any atom is -0.486 e. The Balaban J connectivity index is 2.59. The second-order valence-electron chi connectivity index (χ2n) is 2.68. The highest BCUT2D eigenvalue weighted by Crippen LogP contribution is 2.23. The van der Waals surface area contributed by atoms with Gasteiger partial charge in [-0.2, -0.15) is 8.78 Å². The van der Waals surface area contributed by atoms with Gasteiger partial charge in [-0.15, -0.1) is 0 Å². The normalized spacial score (nSPS) is 11.4. The first kappa shape index (κ1) is 12.2. The predicted molar refractivity (Wildman–Crippen MR) is 63.5 cm³/mol. The molecule has 14 heavy (non-hydrogen) atoms. The average molecular weight is 377 g/mol. The van der Waals surface area contributed by atoms with Gasteiger partial charge in [0.1, 0.15) is 5.75 Å². The largest absolute Gasteiger partial charge is 0.486 e. The summed E-state index contributed by atoms with van der Waals surface area (Å²) in [4.78, 5) is -2.96. The fourth-order valence-corrected chi connectivity index (χ4v) is 1.47. The van der Waals surface area contributed by atoms with Gasteiger partial charge in [0.25, 0.3) is 0 Å². The molecule has 0 heterocycles. The molecule has 0 unspecified atom stereocenters. The van der Waals surface area contributed by atoms with Crippen LogP contribution < -0.4 is 4.74 Å². The molecule has 0 saturated heterocycles. The van der Waals surface area contributed by atoms with Crippen molar-refractivity contribution in [1.29, 1.82) is 0 Å². The van der Waals surface area contributed by atoms with Crippen molar-refractivity contribution in [2.75, 3.05) is 6.61 Å². The van der Waals surface area contributed by atoms with E-state index in [1.165, 1.54) is 0 Å². The summed E-state index contributed by atoms with van der Waals surface area (Å²) in [7, 11) is 0. The van der Waals surface area contributed by atoms with Crippen LogP contribution >= 0.6 is 38.5 Å². The standard InChI is InChI=1S/C9H8BrF2IO/c10-9(11,12)6-14-8-3-1-2-7(4-8)5-13/h1-4H,5-6H2. The number of ether oxygens (including phenoxy) is 1. The van der Waals surface area contributed by atoms with Crippen molar-refractivity contribution in [3.05, 3.63) is 29.8 Å². The highest BCUT2D eigenvalue weighted by molar-refractivity contribution is 14.1. The van der Waals surface area contributed by atoms with Gasteiger partial charge < -0.3 is 4.74 Å². The van der Waals surface area contributed by atoms with Crippen LogP contribution in [0.5, 0.6) is 5.75 Å². The fraction of sp³-hybridized carbons (Fsp3) is 0.333. The van der Waals surface area contributed by atoms with E-state index in [9.17, 15) is 8.78 Å². The second-order valence-corrected chi connectivity index (χ2v) is 4.61. The number of hydrogen-bond acceptors (Lipinski definition) is 1. The van der Waals surface area contributed by atoms with Crippen molar-refractivity contribution in [3.8, 4) is 5.75 Å². The van der Waals surface area contributed by atoms with E-state index in [1.54, 1.807) is 18.2 Å². The fourth-order valence-electron chi connectivity index (χ4n) is 0.884. The first-order valence-corrected chi connectivity index (χ1v) is 6.17. The molecule has 1 nitrogen and oxygen atoms in total. The van der Waals surface area contributed by atoms with Crippen molar-refractivity contribution < 1.29 is 13.5 Å². The lowest BCUT2D eigenvalue weighted by atomic mass is 10.2. The van der Waals surface area contributed by atoms with Crippen LogP contribution in [0.15, 0.2) is 24.3 Å². The van der Waals surface area contributed by atoms with E-state index in [0.717, 1.165) is 9.99 Å². The molecule has 5 heteroatoms. The highest BCUT2D eigenvalue weighted by Gasteiger charge is 2.24. The van der Waals surface area contributed by atoms with Gasteiger partial charge in [0, 0.05) is 4.43 Å². The van der Waals surface area contributed by atoms with E-state index in [4.69, 9.17) is 4.74 Å². The van der Waals surface area contributed by atoms with Crippen LogP contribution in [0.2, 0.25) is 0 Å². The lowest BCUT2D eigenvalue weighted by Gasteiger charge is -2.10. The Hall–Kier alpha value is 0.0900. The number of alkyl halides is 4. The summed E-state index contributed by atoms with van der Waals surface area (Å²) in [6, 6.07) is 7.13. The molecule has 1 aromatic carbocycles. The molecule has 1 rings (SSSR count). The van der Waals surface area contributed by atoms with Crippen LogP contribution in [-0.2, 0) is 4.43 Å². The number of halogens is 4. The Morgan fingerprint density at radius 1 is 1.43 bits per heavy atom. The van der Waals surface area contributed by atoms with Crippen LogP contribution in [0.25, 0.3) is 0 Å². The second kappa shape index (κ2) is 5.25. The number of benzene rings is 1. The molecule has 0 aromatic heterocycles.